The summed E-state index contributed by atoms with van der Waals surface area (Å²) in [6.45, 7) is 0.607. The van der Waals surface area contributed by atoms with E-state index in [-0.39, 0.29) is 18.2 Å². The van der Waals surface area contributed by atoms with Crippen LogP contribution in [0.5, 0.6) is 0 Å². The number of hydrogen-bond donors (Lipinski definition) is 0. The molecule has 0 amide bonds. The van der Waals surface area contributed by atoms with Crippen molar-refractivity contribution in [1.82, 2.24) is 0 Å². The van der Waals surface area contributed by atoms with Gasteiger partial charge in [-0.3, -0.25) is 4.79 Å². The fraction of sp³-hybridized carbons (Fsp3) is 0.364. The molecule has 1 aromatic carbocycles. The first-order chi connectivity index (χ1) is 6.86. The number of rotatable bonds is 0. The van der Waals surface area contributed by atoms with Gasteiger partial charge >= 0.3 is 0 Å². The third-order valence-corrected chi connectivity index (χ3v) is 2.71. The van der Waals surface area contributed by atoms with Crippen molar-refractivity contribution in [3.63, 3.8) is 0 Å². The van der Waals surface area contributed by atoms with Gasteiger partial charge in [0.2, 0.25) is 0 Å². The highest BCUT2D eigenvalue weighted by molar-refractivity contribution is 6.01. The van der Waals surface area contributed by atoms with Gasteiger partial charge in [-0.05, 0) is 0 Å². The number of benzene rings is 1. The minimum absolute atomic E-state index is 0.0974. The van der Waals surface area contributed by atoms with Crippen LogP contribution in [0.25, 0.3) is 0 Å². The molecular formula is C11H10O3. The summed E-state index contributed by atoms with van der Waals surface area (Å²) in [5.74, 6) is 0.0974. The van der Waals surface area contributed by atoms with Gasteiger partial charge in [0.25, 0.3) is 0 Å². The van der Waals surface area contributed by atoms with Crippen LogP contribution >= 0.6 is 0 Å². The summed E-state index contributed by atoms with van der Waals surface area (Å²) in [7, 11) is 0. The molecule has 0 spiro atoms. The van der Waals surface area contributed by atoms with Crippen molar-refractivity contribution in [2.24, 2.45) is 0 Å². The lowest BCUT2D eigenvalue weighted by Crippen LogP contribution is -2.38. The van der Waals surface area contributed by atoms with Crippen molar-refractivity contribution < 1.29 is 14.3 Å². The van der Waals surface area contributed by atoms with Gasteiger partial charge in [0, 0.05) is 17.5 Å². The molecule has 0 N–H and O–H groups in total. The maximum atomic E-state index is 11.8. The molecule has 2 bridgehead atoms. The Balaban J connectivity index is 2.15. The first-order valence-corrected chi connectivity index (χ1v) is 4.76. The Morgan fingerprint density at radius 1 is 1.29 bits per heavy atom. The molecule has 1 aromatic rings. The van der Waals surface area contributed by atoms with Crippen molar-refractivity contribution in [3.05, 3.63) is 35.4 Å². The van der Waals surface area contributed by atoms with Gasteiger partial charge in [-0.2, -0.15) is 0 Å². The zero-order valence-corrected chi connectivity index (χ0v) is 7.60. The minimum Gasteiger partial charge on any atom is -0.348 e. The number of ether oxygens (including phenoxy) is 2. The molecule has 1 saturated heterocycles. The lowest BCUT2D eigenvalue weighted by Gasteiger charge is -2.35. The number of Topliss-reactive ketones (excluding diaryl/α,β-unsaturated/α-hetero) is 1. The molecule has 3 rings (SSSR count). The Morgan fingerprint density at radius 3 is 3.07 bits per heavy atom. The fourth-order valence-corrected chi connectivity index (χ4v) is 1.99. The Kier molecular flexibility index (Phi) is 1.69. The zero-order valence-electron chi connectivity index (χ0n) is 7.60. The van der Waals surface area contributed by atoms with E-state index in [9.17, 15) is 4.79 Å². The molecule has 0 aromatic heterocycles. The number of hydrogen-bond acceptors (Lipinski definition) is 3. The molecule has 3 heteroatoms. The van der Waals surface area contributed by atoms with E-state index in [1.165, 1.54) is 0 Å². The summed E-state index contributed by atoms with van der Waals surface area (Å²) in [5.41, 5.74) is 1.63. The van der Waals surface area contributed by atoms with Crippen LogP contribution in [0.2, 0.25) is 0 Å². The minimum atomic E-state index is -0.331. The number of carbonyl (C=O) groups excluding carboxylic acids is 1. The quantitative estimate of drug-likeness (QED) is 0.624. The van der Waals surface area contributed by atoms with Crippen molar-refractivity contribution in [2.75, 3.05) is 6.61 Å². The topological polar surface area (TPSA) is 35.5 Å². The van der Waals surface area contributed by atoms with Crippen LogP contribution in [0, 0.1) is 0 Å². The fourth-order valence-electron chi connectivity index (χ4n) is 1.99. The number of ketones is 1. The predicted molar refractivity (Wildman–Crippen MR) is 49.0 cm³/mol. The van der Waals surface area contributed by atoms with E-state index in [1.54, 1.807) is 0 Å². The maximum Gasteiger partial charge on any atom is 0.192 e. The lowest BCUT2D eigenvalue weighted by atomic mass is 9.94. The second-order valence-corrected chi connectivity index (χ2v) is 3.57. The van der Waals surface area contributed by atoms with E-state index in [0.29, 0.717) is 13.0 Å². The molecule has 2 atom stereocenters. The summed E-state index contributed by atoms with van der Waals surface area (Å²) in [5, 5.41) is 0. The molecule has 2 aliphatic heterocycles. The van der Waals surface area contributed by atoms with Crippen molar-refractivity contribution >= 4 is 5.78 Å². The average molecular weight is 190 g/mol. The van der Waals surface area contributed by atoms with Crippen LogP contribution in [0.1, 0.15) is 28.6 Å². The summed E-state index contributed by atoms with van der Waals surface area (Å²) < 4.78 is 10.9. The smallest absolute Gasteiger partial charge is 0.192 e. The van der Waals surface area contributed by atoms with Crippen molar-refractivity contribution in [1.29, 1.82) is 0 Å². The van der Waals surface area contributed by atoms with E-state index < -0.39 is 0 Å². The van der Waals surface area contributed by atoms with Crippen molar-refractivity contribution in [2.45, 2.75) is 18.8 Å². The Labute approximate surface area is 81.6 Å². The zero-order chi connectivity index (χ0) is 9.54. The molecule has 72 valence electrons. The van der Waals surface area contributed by atoms with E-state index in [4.69, 9.17) is 9.47 Å². The highest BCUT2D eigenvalue weighted by atomic mass is 16.7. The monoisotopic (exact) mass is 190 g/mol. The molecule has 14 heavy (non-hydrogen) atoms. The Morgan fingerprint density at radius 2 is 2.14 bits per heavy atom. The van der Waals surface area contributed by atoms with E-state index in [2.05, 4.69) is 0 Å². The molecule has 2 aliphatic rings. The van der Waals surface area contributed by atoms with E-state index in [1.807, 2.05) is 24.3 Å². The van der Waals surface area contributed by atoms with Gasteiger partial charge < -0.3 is 9.47 Å². The number of fused-ring (bicyclic) bond motifs is 4. The van der Waals surface area contributed by atoms with Crippen LogP contribution in [0.3, 0.4) is 0 Å². The normalized spacial score (nSPS) is 29.9. The van der Waals surface area contributed by atoms with Gasteiger partial charge in [-0.25, -0.2) is 0 Å². The molecule has 0 radical (unpaired) electrons. The second kappa shape index (κ2) is 2.90. The molecule has 0 unspecified atom stereocenters. The summed E-state index contributed by atoms with van der Waals surface area (Å²) in [6, 6.07) is 7.50. The number of carbonyl (C=O) groups is 1. The van der Waals surface area contributed by atoms with Crippen LogP contribution in [-0.2, 0) is 9.47 Å². The van der Waals surface area contributed by atoms with Crippen LogP contribution in [-0.4, -0.2) is 18.5 Å². The molecular weight excluding hydrogens is 180 g/mol. The average Bonchev–Trinajstić information content (AvgIpc) is 2.27. The van der Waals surface area contributed by atoms with Crippen LogP contribution < -0.4 is 0 Å². The first-order valence-electron chi connectivity index (χ1n) is 4.76. The molecule has 1 fully saturated rings. The second-order valence-electron chi connectivity index (χ2n) is 3.57. The van der Waals surface area contributed by atoms with E-state index in [0.717, 1.165) is 11.1 Å². The highest BCUT2D eigenvalue weighted by Gasteiger charge is 2.37. The van der Waals surface area contributed by atoms with Gasteiger partial charge in [-0.1, -0.05) is 24.3 Å². The third kappa shape index (κ3) is 1.03. The summed E-state index contributed by atoms with van der Waals surface area (Å²) in [4.78, 5) is 11.8. The van der Waals surface area contributed by atoms with Gasteiger partial charge in [-0.15, -0.1) is 0 Å². The standard InChI is InChI=1S/C11H10O3/c12-10-7-3-1-2-4-8(7)11-13-6-5-9(10)14-11/h1-4,9,11H,5-6H2/t9-,11-/m0/s1. The summed E-state index contributed by atoms with van der Waals surface area (Å²) in [6.07, 6.45) is 0.0511. The Hall–Kier alpha value is -1.19. The molecule has 2 heterocycles. The highest BCUT2D eigenvalue weighted by Crippen LogP contribution is 2.35. The lowest BCUT2D eigenvalue weighted by molar-refractivity contribution is -0.208. The first kappa shape index (κ1) is 8.15. The van der Waals surface area contributed by atoms with Crippen molar-refractivity contribution in [3.8, 4) is 0 Å². The van der Waals surface area contributed by atoms with Gasteiger partial charge in [0.15, 0.2) is 12.1 Å². The van der Waals surface area contributed by atoms with Crippen LogP contribution in [0.15, 0.2) is 24.3 Å². The van der Waals surface area contributed by atoms with Gasteiger partial charge in [0.05, 0.1) is 6.61 Å². The largest absolute Gasteiger partial charge is 0.348 e. The molecule has 0 aliphatic carbocycles. The SMILES string of the molecule is O=C1c2ccccc2[C@H]2OCC[C@@H]1O2. The van der Waals surface area contributed by atoms with Gasteiger partial charge in [0.1, 0.15) is 6.10 Å². The van der Waals surface area contributed by atoms with Crippen LogP contribution in [0.4, 0.5) is 0 Å². The molecule has 0 saturated carbocycles. The molecule has 3 nitrogen and oxygen atoms in total. The predicted octanol–water partition coefficient (Wildman–Crippen LogP) is 1.69. The summed E-state index contributed by atoms with van der Waals surface area (Å²) >= 11 is 0. The third-order valence-electron chi connectivity index (χ3n) is 2.71. The Bertz CT molecular complexity index is 386. The van der Waals surface area contributed by atoms with E-state index >= 15 is 0 Å². The maximum absolute atomic E-state index is 11.8.